The Balaban J connectivity index is 2.08. The summed E-state index contributed by atoms with van der Waals surface area (Å²) < 4.78 is 0. The lowest BCUT2D eigenvalue weighted by molar-refractivity contribution is -0.140. The van der Waals surface area contributed by atoms with E-state index in [0.29, 0.717) is 6.42 Å². The van der Waals surface area contributed by atoms with Crippen molar-refractivity contribution < 1.29 is 9.90 Å². The Kier molecular flexibility index (Phi) is 2.97. The molecule has 1 aromatic rings. The van der Waals surface area contributed by atoms with Crippen LogP contribution < -0.4 is 5.32 Å². The van der Waals surface area contributed by atoms with E-state index in [1.54, 1.807) is 12.4 Å². The predicted octanol–water partition coefficient (Wildman–Crippen LogP) is 1.35. The van der Waals surface area contributed by atoms with Crippen molar-refractivity contribution >= 4 is 5.97 Å². The van der Waals surface area contributed by atoms with E-state index >= 15 is 0 Å². The fraction of sp³-hybridized carbons (Fsp3) is 0.455. The monoisotopic (exact) mass is 206 g/mol. The van der Waals surface area contributed by atoms with Gasteiger partial charge >= 0.3 is 5.97 Å². The van der Waals surface area contributed by atoms with E-state index in [0.717, 1.165) is 18.4 Å². The van der Waals surface area contributed by atoms with E-state index in [1.165, 1.54) is 0 Å². The second kappa shape index (κ2) is 4.40. The Labute approximate surface area is 88.3 Å². The molecule has 2 atom stereocenters. The SMILES string of the molecule is O=C(O)C1CCCC(c2cccnc2)N1. The molecular weight excluding hydrogens is 192 g/mol. The third-order valence-corrected chi connectivity index (χ3v) is 2.77. The molecule has 0 spiro atoms. The highest BCUT2D eigenvalue weighted by molar-refractivity contribution is 5.73. The van der Waals surface area contributed by atoms with Crippen molar-refractivity contribution in [2.45, 2.75) is 31.3 Å². The van der Waals surface area contributed by atoms with Gasteiger partial charge in [-0.15, -0.1) is 0 Å². The smallest absolute Gasteiger partial charge is 0.320 e. The second-order valence-corrected chi connectivity index (χ2v) is 3.83. The summed E-state index contributed by atoms with van der Waals surface area (Å²) in [6, 6.07) is 3.58. The van der Waals surface area contributed by atoms with Crippen LogP contribution in [0.4, 0.5) is 0 Å². The number of pyridine rings is 1. The molecule has 1 saturated heterocycles. The fourth-order valence-corrected chi connectivity index (χ4v) is 1.98. The summed E-state index contributed by atoms with van der Waals surface area (Å²) in [7, 11) is 0. The molecule has 1 aliphatic rings. The van der Waals surface area contributed by atoms with Gasteiger partial charge in [-0.1, -0.05) is 6.07 Å². The minimum atomic E-state index is -0.761. The molecule has 80 valence electrons. The molecule has 15 heavy (non-hydrogen) atoms. The van der Waals surface area contributed by atoms with Crippen molar-refractivity contribution in [2.24, 2.45) is 0 Å². The number of hydrogen-bond donors (Lipinski definition) is 2. The molecular formula is C11H14N2O2. The Morgan fingerprint density at radius 2 is 2.40 bits per heavy atom. The van der Waals surface area contributed by atoms with E-state index in [2.05, 4.69) is 10.3 Å². The molecule has 2 rings (SSSR count). The Morgan fingerprint density at radius 3 is 3.07 bits per heavy atom. The third kappa shape index (κ3) is 2.33. The summed E-state index contributed by atoms with van der Waals surface area (Å²) >= 11 is 0. The van der Waals surface area contributed by atoms with Gasteiger partial charge in [-0.05, 0) is 30.9 Å². The van der Waals surface area contributed by atoms with Crippen molar-refractivity contribution in [1.82, 2.24) is 10.3 Å². The molecule has 4 heteroatoms. The minimum Gasteiger partial charge on any atom is -0.480 e. The maximum atomic E-state index is 10.9. The predicted molar refractivity (Wildman–Crippen MR) is 55.4 cm³/mol. The molecule has 0 amide bonds. The molecule has 2 heterocycles. The van der Waals surface area contributed by atoms with Crippen LogP contribution >= 0.6 is 0 Å². The first kappa shape index (κ1) is 10.1. The number of nitrogens with one attached hydrogen (secondary N) is 1. The van der Waals surface area contributed by atoms with Crippen LogP contribution in [0.15, 0.2) is 24.5 Å². The molecule has 4 nitrogen and oxygen atoms in total. The number of aliphatic carboxylic acids is 1. The summed E-state index contributed by atoms with van der Waals surface area (Å²) in [6.45, 7) is 0. The molecule has 1 aromatic heterocycles. The first-order valence-corrected chi connectivity index (χ1v) is 5.16. The first-order valence-electron chi connectivity index (χ1n) is 5.16. The van der Waals surface area contributed by atoms with Crippen molar-refractivity contribution in [3.8, 4) is 0 Å². The normalized spacial score (nSPS) is 26.1. The maximum absolute atomic E-state index is 10.9. The van der Waals surface area contributed by atoms with Gasteiger partial charge in [0.25, 0.3) is 0 Å². The van der Waals surface area contributed by atoms with E-state index in [1.807, 2.05) is 12.1 Å². The molecule has 0 saturated carbocycles. The van der Waals surface area contributed by atoms with E-state index in [4.69, 9.17) is 5.11 Å². The van der Waals surface area contributed by atoms with Crippen LogP contribution in [0.25, 0.3) is 0 Å². The fourth-order valence-electron chi connectivity index (χ4n) is 1.98. The van der Waals surface area contributed by atoms with Crippen molar-refractivity contribution in [3.05, 3.63) is 30.1 Å². The number of carboxylic acid groups (broad SMARTS) is 1. The molecule has 2 unspecified atom stereocenters. The number of hydrogen-bond acceptors (Lipinski definition) is 3. The standard InChI is InChI=1S/C11H14N2O2/c14-11(15)10-5-1-4-9(13-10)8-3-2-6-12-7-8/h2-3,6-7,9-10,13H,1,4-5H2,(H,14,15). The van der Waals surface area contributed by atoms with Gasteiger partial charge < -0.3 is 5.11 Å². The average Bonchev–Trinajstić information content (AvgIpc) is 2.30. The van der Waals surface area contributed by atoms with Crippen LogP contribution in [0.5, 0.6) is 0 Å². The maximum Gasteiger partial charge on any atom is 0.320 e. The van der Waals surface area contributed by atoms with E-state index < -0.39 is 12.0 Å². The van der Waals surface area contributed by atoms with E-state index in [9.17, 15) is 4.79 Å². The van der Waals surface area contributed by atoms with Gasteiger partial charge in [0.1, 0.15) is 6.04 Å². The van der Waals surface area contributed by atoms with Crippen LogP contribution in [0, 0.1) is 0 Å². The van der Waals surface area contributed by atoms with Crippen LogP contribution in [0.2, 0.25) is 0 Å². The highest BCUT2D eigenvalue weighted by atomic mass is 16.4. The molecule has 1 aliphatic heterocycles. The molecule has 2 N–H and O–H groups in total. The second-order valence-electron chi connectivity index (χ2n) is 3.83. The van der Waals surface area contributed by atoms with Gasteiger partial charge in [-0.2, -0.15) is 0 Å². The van der Waals surface area contributed by atoms with Gasteiger partial charge in [-0.25, -0.2) is 0 Å². The Bertz CT molecular complexity index is 340. The number of nitrogens with zero attached hydrogens (tertiary/aromatic N) is 1. The lowest BCUT2D eigenvalue weighted by Crippen LogP contribution is -2.42. The largest absolute Gasteiger partial charge is 0.480 e. The molecule has 1 fully saturated rings. The minimum absolute atomic E-state index is 0.133. The average molecular weight is 206 g/mol. The molecule has 0 radical (unpaired) electrons. The summed E-state index contributed by atoms with van der Waals surface area (Å²) in [5.41, 5.74) is 1.07. The molecule has 0 aliphatic carbocycles. The molecule has 0 aromatic carbocycles. The van der Waals surface area contributed by atoms with Crippen LogP contribution in [-0.2, 0) is 4.79 Å². The summed E-state index contributed by atoms with van der Waals surface area (Å²) in [4.78, 5) is 14.9. The number of aromatic nitrogens is 1. The highest BCUT2D eigenvalue weighted by Gasteiger charge is 2.26. The first-order chi connectivity index (χ1) is 7.27. The zero-order valence-electron chi connectivity index (χ0n) is 8.39. The number of carboxylic acids is 1. The van der Waals surface area contributed by atoms with Crippen molar-refractivity contribution in [1.29, 1.82) is 0 Å². The number of piperidine rings is 1. The summed E-state index contributed by atoms with van der Waals surface area (Å²) in [5.74, 6) is -0.761. The van der Waals surface area contributed by atoms with Gasteiger partial charge in [0.05, 0.1) is 0 Å². The van der Waals surface area contributed by atoms with Gasteiger partial charge in [-0.3, -0.25) is 15.1 Å². The Hall–Kier alpha value is -1.42. The summed E-state index contributed by atoms with van der Waals surface area (Å²) in [6.07, 6.45) is 6.16. The number of rotatable bonds is 2. The third-order valence-electron chi connectivity index (χ3n) is 2.77. The van der Waals surface area contributed by atoms with Crippen molar-refractivity contribution in [2.75, 3.05) is 0 Å². The lowest BCUT2D eigenvalue weighted by Gasteiger charge is -2.28. The Morgan fingerprint density at radius 1 is 1.53 bits per heavy atom. The van der Waals surface area contributed by atoms with Crippen molar-refractivity contribution in [3.63, 3.8) is 0 Å². The topological polar surface area (TPSA) is 62.2 Å². The van der Waals surface area contributed by atoms with Gasteiger partial charge in [0.15, 0.2) is 0 Å². The number of carbonyl (C=O) groups is 1. The van der Waals surface area contributed by atoms with Gasteiger partial charge in [0.2, 0.25) is 0 Å². The van der Waals surface area contributed by atoms with Crippen LogP contribution in [0.1, 0.15) is 30.9 Å². The van der Waals surface area contributed by atoms with E-state index in [-0.39, 0.29) is 6.04 Å². The lowest BCUT2D eigenvalue weighted by atomic mass is 9.94. The molecule has 0 bridgehead atoms. The van der Waals surface area contributed by atoms with Crippen LogP contribution in [0.3, 0.4) is 0 Å². The quantitative estimate of drug-likeness (QED) is 0.766. The van der Waals surface area contributed by atoms with Crippen LogP contribution in [-0.4, -0.2) is 22.1 Å². The summed E-state index contributed by atoms with van der Waals surface area (Å²) in [5, 5.41) is 12.1. The zero-order valence-corrected chi connectivity index (χ0v) is 8.39. The zero-order chi connectivity index (χ0) is 10.7. The highest BCUT2D eigenvalue weighted by Crippen LogP contribution is 2.24. The van der Waals surface area contributed by atoms with Gasteiger partial charge in [0, 0.05) is 18.4 Å².